The van der Waals surface area contributed by atoms with Gasteiger partial charge >= 0.3 is 0 Å². The van der Waals surface area contributed by atoms with E-state index in [0.29, 0.717) is 10.7 Å². The van der Waals surface area contributed by atoms with Crippen LogP contribution < -0.4 is 10.0 Å². The maximum atomic E-state index is 12.0. The Morgan fingerprint density at radius 3 is 2.89 bits per heavy atom. The average Bonchev–Trinajstić information content (AvgIpc) is 2.74. The third kappa shape index (κ3) is 3.97. The van der Waals surface area contributed by atoms with Crippen LogP contribution in [-0.4, -0.2) is 26.8 Å². The van der Waals surface area contributed by atoms with Crippen molar-refractivity contribution in [3.05, 3.63) is 26.8 Å². The highest BCUT2D eigenvalue weighted by Crippen LogP contribution is 2.25. The number of nitrogens with one attached hydrogen (secondary N) is 2. The van der Waals surface area contributed by atoms with Gasteiger partial charge in [0, 0.05) is 9.61 Å². The highest BCUT2D eigenvalue weighted by molar-refractivity contribution is 14.1. The molecule has 0 saturated carbocycles. The molecule has 0 bridgehead atoms. The summed E-state index contributed by atoms with van der Waals surface area (Å²) < 4.78 is 27.5. The van der Waals surface area contributed by atoms with E-state index in [0.717, 1.165) is 23.0 Å². The summed E-state index contributed by atoms with van der Waals surface area (Å²) in [6.45, 7) is 0.893. The Balaban J connectivity index is 2.07. The zero-order chi connectivity index (χ0) is 13.2. The molecule has 1 aliphatic rings. The molecule has 0 aliphatic carbocycles. The van der Waals surface area contributed by atoms with Crippen LogP contribution in [0.15, 0.2) is 18.2 Å². The molecule has 1 heterocycles. The second-order valence-corrected chi connectivity index (χ2v) is 7.72. The summed E-state index contributed by atoms with van der Waals surface area (Å²) in [4.78, 5) is 0. The lowest BCUT2D eigenvalue weighted by Crippen LogP contribution is -2.32. The van der Waals surface area contributed by atoms with Crippen molar-refractivity contribution >= 4 is 49.9 Å². The number of anilines is 1. The van der Waals surface area contributed by atoms with Crippen LogP contribution in [0.5, 0.6) is 0 Å². The summed E-state index contributed by atoms with van der Waals surface area (Å²) in [7, 11) is -3.35. The number of hydrogen-bond donors (Lipinski definition) is 2. The maximum absolute atomic E-state index is 12.0. The Hall–Kier alpha value is -0.0500. The fourth-order valence-electron chi connectivity index (χ4n) is 1.95. The quantitative estimate of drug-likeness (QED) is 0.763. The van der Waals surface area contributed by atoms with Gasteiger partial charge in [0.25, 0.3) is 0 Å². The van der Waals surface area contributed by atoms with Crippen molar-refractivity contribution < 1.29 is 8.42 Å². The largest absolute Gasteiger partial charge is 0.313 e. The molecule has 1 aromatic carbocycles. The summed E-state index contributed by atoms with van der Waals surface area (Å²) in [6, 6.07) is 5.28. The van der Waals surface area contributed by atoms with Gasteiger partial charge in [0.05, 0.1) is 16.5 Å². The van der Waals surface area contributed by atoms with E-state index in [4.69, 9.17) is 11.6 Å². The lowest BCUT2D eigenvalue weighted by atomic mass is 10.3. The van der Waals surface area contributed by atoms with Crippen molar-refractivity contribution in [2.75, 3.05) is 17.0 Å². The van der Waals surface area contributed by atoms with Crippen LogP contribution in [0.1, 0.15) is 12.8 Å². The van der Waals surface area contributed by atoms with Gasteiger partial charge in [-0.25, -0.2) is 8.42 Å². The normalized spacial score (nSPS) is 20.0. The van der Waals surface area contributed by atoms with E-state index in [2.05, 4.69) is 32.6 Å². The Morgan fingerprint density at radius 1 is 1.50 bits per heavy atom. The van der Waals surface area contributed by atoms with Crippen molar-refractivity contribution in [1.82, 2.24) is 5.32 Å². The van der Waals surface area contributed by atoms with Crippen molar-refractivity contribution in [2.45, 2.75) is 18.9 Å². The van der Waals surface area contributed by atoms with E-state index in [1.807, 2.05) is 6.07 Å². The molecule has 1 aromatic rings. The Kier molecular flexibility index (Phi) is 4.74. The Bertz CT molecular complexity index is 530. The van der Waals surface area contributed by atoms with Crippen molar-refractivity contribution in [1.29, 1.82) is 0 Å². The van der Waals surface area contributed by atoms with Crippen LogP contribution in [0, 0.1) is 3.57 Å². The molecule has 7 heteroatoms. The molecule has 1 saturated heterocycles. The minimum Gasteiger partial charge on any atom is -0.313 e. The molecule has 1 unspecified atom stereocenters. The second kappa shape index (κ2) is 5.94. The third-order valence-corrected chi connectivity index (χ3v) is 5.14. The second-order valence-electron chi connectivity index (χ2n) is 4.30. The minimum atomic E-state index is -3.35. The predicted octanol–water partition coefficient (Wildman–Crippen LogP) is 2.44. The zero-order valence-corrected chi connectivity index (χ0v) is 13.3. The van der Waals surface area contributed by atoms with E-state index < -0.39 is 10.0 Å². The molecule has 0 aromatic heterocycles. The molecule has 0 amide bonds. The summed E-state index contributed by atoms with van der Waals surface area (Å²) in [5.41, 5.74) is 0.440. The van der Waals surface area contributed by atoms with E-state index in [1.54, 1.807) is 12.1 Å². The number of halogens is 2. The van der Waals surface area contributed by atoms with E-state index in [-0.39, 0.29) is 11.8 Å². The maximum Gasteiger partial charge on any atom is 0.234 e. The molecule has 1 fully saturated rings. The van der Waals surface area contributed by atoms with E-state index in [1.165, 1.54) is 0 Å². The Labute approximate surface area is 126 Å². The molecule has 0 spiro atoms. The van der Waals surface area contributed by atoms with E-state index in [9.17, 15) is 8.42 Å². The molecule has 1 aliphatic heterocycles. The third-order valence-electron chi connectivity index (χ3n) is 2.78. The van der Waals surface area contributed by atoms with E-state index >= 15 is 0 Å². The van der Waals surface area contributed by atoms with Gasteiger partial charge in [-0.3, -0.25) is 4.72 Å². The zero-order valence-electron chi connectivity index (χ0n) is 9.62. The molecule has 4 nitrogen and oxygen atoms in total. The van der Waals surface area contributed by atoms with Gasteiger partial charge in [-0.15, -0.1) is 0 Å². The first-order chi connectivity index (χ1) is 8.46. The van der Waals surface area contributed by atoms with Gasteiger partial charge in [-0.2, -0.15) is 0 Å². The summed E-state index contributed by atoms with van der Waals surface area (Å²) >= 11 is 8.13. The SMILES string of the molecule is O=S(=O)(CC1CCCN1)Nc1ccc(I)cc1Cl. The molecule has 0 radical (unpaired) electrons. The lowest BCUT2D eigenvalue weighted by Gasteiger charge is -2.13. The fourth-order valence-corrected chi connectivity index (χ4v) is 4.31. The molecule has 100 valence electrons. The average molecular weight is 401 g/mol. The van der Waals surface area contributed by atoms with Crippen molar-refractivity contribution in [3.8, 4) is 0 Å². The van der Waals surface area contributed by atoms with Gasteiger partial charge in [-0.05, 0) is 60.2 Å². The van der Waals surface area contributed by atoms with Crippen LogP contribution in [0.25, 0.3) is 0 Å². The predicted molar refractivity (Wildman–Crippen MR) is 82.6 cm³/mol. The summed E-state index contributed by atoms with van der Waals surface area (Å²) in [6.07, 6.45) is 1.94. The first-order valence-electron chi connectivity index (χ1n) is 5.65. The molecule has 18 heavy (non-hydrogen) atoms. The highest BCUT2D eigenvalue weighted by Gasteiger charge is 2.22. The van der Waals surface area contributed by atoms with Gasteiger partial charge in [0.2, 0.25) is 10.0 Å². The number of sulfonamides is 1. The molecular weight excluding hydrogens is 387 g/mol. The number of rotatable bonds is 4. The number of benzene rings is 1. The first kappa shape index (κ1) is 14.4. The standard InChI is InChI=1S/C11H14ClIN2O2S/c12-10-6-8(13)3-4-11(10)15-18(16,17)7-9-2-1-5-14-9/h3-4,6,9,14-15H,1-2,5,7H2. The summed E-state index contributed by atoms with van der Waals surface area (Å²) in [5, 5.41) is 3.59. The van der Waals surface area contributed by atoms with Gasteiger partial charge in [-0.1, -0.05) is 11.6 Å². The molecular formula is C11H14ClIN2O2S. The summed E-state index contributed by atoms with van der Waals surface area (Å²) in [5.74, 6) is 0.0926. The fraction of sp³-hybridized carbons (Fsp3) is 0.455. The Morgan fingerprint density at radius 2 is 2.28 bits per heavy atom. The van der Waals surface area contributed by atoms with Gasteiger partial charge in [0.1, 0.15) is 0 Å². The lowest BCUT2D eigenvalue weighted by molar-refractivity contribution is 0.582. The molecule has 2 N–H and O–H groups in total. The number of hydrogen-bond acceptors (Lipinski definition) is 3. The van der Waals surface area contributed by atoms with Crippen LogP contribution in [0.2, 0.25) is 5.02 Å². The highest BCUT2D eigenvalue weighted by atomic mass is 127. The smallest absolute Gasteiger partial charge is 0.234 e. The monoisotopic (exact) mass is 400 g/mol. The first-order valence-corrected chi connectivity index (χ1v) is 8.76. The van der Waals surface area contributed by atoms with Crippen molar-refractivity contribution in [3.63, 3.8) is 0 Å². The van der Waals surface area contributed by atoms with Crippen LogP contribution in [-0.2, 0) is 10.0 Å². The van der Waals surface area contributed by atoms with Gasteiger partial charge < -0.3 is 5.32 Å². The van der Waals surface area contributed by atoms with Gasteiger partial charge in [0.15, 0.2) is 0 Å². The van der Waals surface area contributed by atoms with Crippen LogP contribution >= 0.6 is 34.2 Å². The minimum absolute atomic E-state index is 0.0464. The molecule has 1 atom stereocenters. The van der Waals surface area contributed by atoms with Crippen LogP contribution in [0.4, 0.5) is 5.69 Å². The van der Waals surface area contributed by atoms with Crippen LogP contribution in [0.3, 0.4) is 0 Å². The van der Waals surface area contributed by atoms with Crippen molar-refractivity contribution in [2.24, 2.45) is 0 Å². The topological polar surface area (TPSA) is 58.2 Å². The molecule has 2 rings (SSSR count).